The standard InChI is InChI=1S/C30H28F3N5O4S/c1-18-8-6-11-24(43(3,41)42)27(18)38-29-21(16-23(33)26(34-29)20-9-4-5-10-22(20)32)28(35-30(38)40)37-15-14-36(17-19(37)2)25(39)12-7-13-31/h4-12,16,19H,13-15,17H2,1-3H3/b12-7+/t19-/m0/s1. The van der Waals surface area contributed by atoms with Crippen LogP contribution in [0.1, 0.15) is 12.5 Å². The number of sulfone groups is 1. The van der Waals surface area contributed by atoms with E-state index in [0.29, 0.717) is 5.56 Å². The second-order valence-corrected chi connectivity index (χ2v) is 12.3. The van der Waals surface area contributed by atoms with E-state index in [-0.39, 0.29) is 64.2 Å². The number of halogens is 3. The minimum absolute atomic E-state index is 0.000700. The summed E-state index contributed by atoms with van der Waals surface area (Å²) in [6.07, 6.45) is 3.28. The number of alkyl halides is 1. The van der Waals surface area contributed by atoms with Gasteiger partial charge in [-0.25, -0.2) is 35.9 Å². The van der Waals surface area contributed by atoms with Gasteiger partial charge in [-0.1, -0.05) is 24.3 Å². The molecule has 0 N–H and O–H groups in total. The number of hydrogen-bond donors (Lipinski definition) is 0. The summed E-state index contributed by atoms with van der Waals surface area (Å²) in [5, 5.41) is 0.0869. The Balaban J connectivity index is 1.78. The molecule has 9 nitrogen and oxygen atoms in total. The van der Waals surface area contributed by atoms with Gasteiger partial charge in [0.15, 0.2) is 15.5 Å². The molecule has 13 heteroatoms. The van der Waals surface area contributed by atoms with Gasteiger partial charge in [-0.05, 0) is 49.8 Å². The van der Waals surface area contributed by atoms with E-state index >= 15 is 4.39 Å². The van der Waals surface area contributed by atoms with Crippen molar-refractivity contribution in [1.29, 1.82) is 0 Å². The van der Waals surface area contributed by atoms with E-state index in [1.54, 1.807) is 24.8 Å². The Morgan fingerprint density at radius 2 is 1.81 bits per heavy atom. The normalized spacial score (nSPS) is 15.9. The summed E-state index contributed by atoms with van der Waals surface area (Å²) in [5.41, 5.74) is -1.09. The number of carbonyl (C=O) groups excluding carboxylic acids is 1. The maximum absolute atomic E-state index is 15.7. The zero-order chi connectivity index (χ0) is 31.1. The number of anilines is 1. The van der Waals surface area contributed by atoms with Crippen LogP contribution in [0.2, 0.25) is 0 Å². The Kier molecular flexibility index (Phi) is 8.10. The number of fused-ring (bicyclic) bond motifs is 1. The van der Waals surface area contributed by atoms with Crippen LogP contribution in [0.5, 0.6) is 0 Å². The summed E-state index contributed by atoms with van der Waals surface area (Å²) in [4.78, 5) is 38.1. The monoisotopic (exact) mass is 611 g/mol. The van der Waals surface area contributed by atoms with Crippen molar-refractivity contribution < 1.29 is 26.4 Å². The zero-order valence-electron chi connectivity index (χ0n) is 23.6. The Morgan fingerprint density at radius 3 is 2.49 bits per heavy atom. The van der Waals surface area contributed by atoms with Crippen molar-refractivity contribution in [3.63, 3.8) is 0 Å². The highest BCUT2D eigenvalue weighted by molar-refractivity contribution is 7.90. The number of pyridine rings is 1. The van der Waals surface area contributed by atoms with Gasteiger partial charge in [-0.15, -0.1) is 0 Å². The van der Waals surface area contributed by atoms with Crippen LogP contribution in [0.25, 0.3) is 28.0 Å². The summed E-state index contributed by atoms with van der Waals surface area (Å²) in [6, 6.07) is 10.7. The van der Waals surface area contributed by atoms with Crippen molar-refractivity contribution >= 4 is 32.6 Å². The molecule has 4 aromatic rings. The van der Waals surface area contributed by atoms with Crippen molar-refractivity contribution in [3.05, 3.63) is 88.4 Å². The van der Waals surface area contributed by atoms with Gasteiger partial charge in [0.1, 0.15) is 29.8 Å². The van der Waals surface area contributed by atoms with Crippen molar-refractivity contribution in [2.24, 2.45) is 0 Å². The second kappa shape index (κ2) is 11.6. The average molecular weight is 612 g/mol. The Bertz CT molecular complexity index is 1940. The SMILES string of the molecule is Cc1cccc(S(C)(=O)=O)c1-n1c(=O)nc(N2CCN(C(=O)/C=C/CF)C[C@@H]2C)c2cc(F)c(-c3ccccc3F)nc21. The third-order valence-electron chi connectivity index (χ3n) is 7.31. The number of hydrogen-bond acceptors (Lipinski definition) is 7. The Morgan fingerprint density at radius 1 is 1.07 bits per heavy atom. The number of aromatic nitrogens is 3. The molecule has 0 unspecified atom stereocenters. The minimum atomic E-state index is -3.85. The summed E-state index contributed by atoms with van der Waals surface area (Å²) >= 11 is 0. The smallest absolute Gasteiger partial charge is 0.350 e. The number of nitrogens with zero attached hydrogens (tertiary/aromatic N) is 5. The second-order valence-electron chi connectivity index (χ2n) is 10.3. The van der Waals surface area contributed by atoms with Crippen LogP contribution >= 0.6 is 0 Å². The minimum Gasteiger partial charge on any atom is -0.350 e. The molecule has 2 aromatic heterocycles. The van der Waals surface area contributed by atoms with E-state index < -0.39 is 39.9 Å². The van der Waals surface area contributed by atoms with Crippen LogP contribution in [0.4, 0.5) is 19.0 Å². The first-order valence-corrected chi connectivity index (χ1v) is 15.3. The highest BCUT2D eigenvalue weighted by Gasteiger charge is 2.31. The lowest BCUT2D eigenvalue weighted by Crippen LogP contribution is -2.54. The van der Waals surface area contributed by atoms with Crippen molar-refractivity contribution in [1.82, 2.24) is 19.4 Å². The molecule has 5 rings (SSSR count). The molecular formula is C30H28F3N5O4S. The molecule has 2 aromatic carbocycles. The molecule has 0 aliphatic carbocycles. The number of para-hydroxylation sites is 1. The molecule has 1 aliphatic heterocycles. The van der Waals surface area contributed by atoms with Gasteiger partial charge >= 0.3 is 5.69 Å². The molecule has 1 fully saturated rings. The first-order valence-electron chi connectivity index (χ1n) is 13.4. The lowest BCUT2D eigenvalue weighted by Gasteiger charge is -2.40. The number of piperazine rings is 1. The van der Waals surface area contributed by atoms with E-state index in [1.807, 2.05) is 0 Å². The lowest BCUT2D eigenvalue weighted by molar-refractivity contribution is -0.126. The number of benzene rings is 2. The molecule has 1 atom stereocenters. The number of rotatable bonds is 6. The summed E-state index contributed by atoms with van der Waals surface area (Å²) < 4.78 is 69.7. The Labute approximate surface area is 245 Å². The third kappa shape index (κ3) is 5.64. The van der Waals surface area contributed by atoms with Crippen LogP contribution in [-0.2, 0) is 14.6 Å². The maximum Gasteiger partial charge on any atom is 0.355 e. The molecule has 1 aliphatic rings. The quantitative estimate of drug-likeness (QED) is 0.304. The van der Waals surface area contributed by atoms with E-state index in [4.69, 9.17) is 0 Å². The summed E-state index contributed by atoms with van der Waals surface area (Å²) in [5.74, 6) is -1.90. The number of amides is 1. The van der Waals surface area contributed by atoms with Crippen LogP contribution in [-0.4, -0.2) is 72.4 Å². The van der Waals surface area contributed by atoms with Gasteiger partial charge in [0.05, 0.1) is 16.0 Å². The molecule has 0 bridgehead atoms. The topological polar surface area (TPSA) is 105 Å². The van der Waals surface area contributed by atoms with Gasteiger partial charge < -0.3 is 9.80 Å². The fraction of sp³-hybridized carbons (Fsp3) is 0.267. The van der Waals surface area contributed by atoms with Crippen molar-refractivity contribution in [2.45, 2.75) is 24.8 Å². The summed E-state index contributed by atoms with van der Waals surface area (Å²) in [6.45, 7) is 3.26. The molecule has 1 amide bonds. The fourth-order valence-electron chi connectivity index (χ4n) is 5.31. The van der Waals surface area contributed by atoms with Crippen LogP contribution in [0, 0.1) is 18.6 Å². The largest absolute Gasteiger partial charge is 0.355 e. The molecule has 1 saturated heterocycles. The molecule has 43 heavy (non-hydrogen) atoms. The van der Waals surface area contributed by atoms with Crippen LogP contribution < -0.4 is 10.6 Å². The molecule has 0 spiro atoms. The zero-order valence-corrected chi connectivity index (χ0v) is 24.4. The highest BCUT2D eigenvalue weighted by atomic mass is 32.2. The predicted octanol–water partition coefficient (Wildman–Crippen LogP) is 4.00. The summed E-state index contributed by atoms with van der Waals surface area (Å²) in [7, 11) is -3.85. The van der Waals surface area contributed by atoms with Crippen molar-refractivity contribution in [3.8, 4) is 16.9 Å². The first kappa shape index (κ1) is 30.0. The number of allylic oxidation sites excluding steroid dienone is 1. The maximum atomic E-state index is 15.7. The molecule has 0 saturated carbocycles. The number of carbonyl (C=O) groups is 1. The molecule has 3 heterocycles. The van der Waals surface area contributed by atoms with Gasteiger partial charge in [0.2, 0.25) is 5.91 Å². The predicted molar refractivity (Wildman–Crippen MR) is 157 cm³/mol. The van der Waals surface area contributed by atoms with E-state index in [2.05, 4.69) is 9.97 Å². The molecular weight excluding hydrogens is 583 g/mol. The van der Waals surface area contributed by atoms with Gasteiger partial charge in [0, 0.05) is 43.6 Å². The van der Waals surface area contributed by atoms with Crippen molar-refractivity contribution in [2.75, 3.05) is 37.5 Å². The molecule has 0 radical (unpaired) electrons. The number of aryl methyl sites for hydroxylation is 1. The fourth-order valence-corrected chi connectivity index (χ4v) is 6.24. The van der Waals surface area contributed by atoms with Gasteiger partial charge in [-0.2, -0.15) is 4.98 Å². The molecule has 224 valence electrons. The van der Waals surface area contributed by atoms with Crippen LogP contribution in [0.15, 0.2) is 70.4 Å². The van der Waals surface area contributed by atoms with Gasteiger partial charge in [-0.3, -0.25) is 4.79 Å². The van der Waals surface area contributed by atoms with E-state index in [1.165, 1.54) is 35.2 Å². The Hall–Kier alpha value is -4.52. The average Bonchev–Trinajstić information content (AvgIpc) is 2.96. The highest BCUT2D eigenvalue weighted by Crippen LogP contribution is 2.34. The van der Waals surface area contributed by atoms with Crippen LogP contribution in [0.3, 0.4) is 0 Å². The van der Waals surface area contributed by atoms with E-state index in [9.17, 15) is 26.8 Å². The van der Waals surface area contributed by atoms with E-state index in [0.717, 1.165) is 35.1 Å². The van der Waals surface area contributed by atoms with Gasteiger partial charge in [0.25, 0.3) is 0 Å². The third-order valence-corrected chi connectivity index (χ3v) is 8.44. The first-order chi connectivity index (χ1) is 20.4. The lowest BCUT2D eigenvalue weighted by atomic mass is 10.1.